The second-order valence-electron chi connectivity index (χ2n) is 3.66. The number of nitro groups is 1. The third-order valence-electron chi connectivity index (χ3n) is 2.39. The summed E-state index contributed by atoms with van der Waals surface area (Å²) in [6, 6.07) is 3.76. The van der Waals surface area contributed by atoms with E-state index in [4.69, 9.17) is 11.6 Å². The molecule has 0 atom stereocenters. The highest BCUT2D eigenvalue weighted by Gasteiger charge is 2.20. The molecule has 7 nitrogen and oxygen atoms in total. The highest BCUT2D eigenvalue weighted by molar-refractivity contribution is 6.31. The Hall–Kier alpha value is -2.28. The maximum absolute atomic E-state index is 10.9. The first-order valence-corrected chi connectivity index (χ1v) is 5.84. The number of pyridine rings is 1. The third-order valence-corrected chi connectivity index (χ3v) is 2.67. The Morgan fingerprint density at radius 2 is 2.26 bits per heavy atom. The Labute approximate surface area is 113 Å². The van der Waals surface area contributed by atoms with Crippen molar-refractivity contribution >= 4 is 23.1 Å². The van der Waals surface area contributed by atoms with Gasteiger partial charge in [-0.15, -0.1) is 0 Å². The molecule has 2 aromatic rings. The number of aromatic nitrogens is 3. The monoisotopic (exact) mass is 279 g/mol. The standard InChI is InChI=1S/C11H10ClN5O2/c12-10-9(17(18)19)11(16-7-15-10)14-5-3-8-2-1-4-13-6-8/h1-2,4,6-7H,3,5H2,(H,14,15,16). The first-order valence-electron chi connectivity index (χ1n) is 5.46. The highest BCUT2D eigenvalue weighted by atomic mass is 35.5. The predicted molar refractivity (Wildman–Crippen MR) is 70.1 cm³/mol. The van der Waals surface area contributed by atoms with Gasteiger partial charge in [-0.2, -0.15) is 0 Å². The van der Waals surface area contributed by atoms with Crippen molar-refractivity contribution in [1.82, 2.24) is 15.0 Å². The van der Waals surface area contributed by atoms with Crippen molar-refractivity contribution in [3.8, 4) is 0 Å². The zero-order chi connectivity index (χ0) is 13.7. The predicted octanol–water partition coefficient (Wildman–Crippen LogP) is 2.09. The van der Waals surface area contributed by atoms with Crippen LogP contribution in [0.4, 0.5) is 11.5 Å². The molecule has 0 spiro atoms. The SMILES string of the molecule is O=[N+]([O-])c1c(Cl)ncnc1NCCc1cccnc1. The van der Waals surface area contributed by atoms with Gasteiger partial charge in [0.2, 0.25) is 11.0 Å². The molecule has 2 aromatic heterocycles. The van der Waals surface area contributed by atoms with Crippen LogP contribution in [0.3, 0.4) is 0 Å². The number of nitrogens with zero attached hydrogens (tertiary/aromatic N) is 4. The molecule has 0 aliphatic carbocycles. The summed E-state index contributed by atoms with van der Waals surface area (Å²) in [7, 11) is 0. The van der Waals surface area contributed by atoms with Gasteiger partial charge in [0.15, 0.2) is 0 Å². The lowest BCUT2D eigenvalue weighted by Gasteiger charge is -2.06. The van der Waals surface area contributed by atoms with Crippen LogP contribution in [0.1, 0.15) is 5.56 Å². The van der Waals surface area contributed by atoms with Crippen LogP contribution in [-0.2, 0) is 6.42 Å². The van der Waals surface area contributed by atoms with E-state index < -0.39 is 4.92 Å². The van der Waals surface area contributed by atoms with Gasteiger partial charge in [0.1, 0.15) is 6.33 Å². The Bertz CT molecular complexity index is 579. The summed E-state index contributed by atoms with van der Waals surface area (Å²) in [6.07, 6.45) is 5.28. The second-order valence-corrected chi connectivity index (χ2v) is 4.01. The van der Waals surface area contributed by atoms with Gasteiger partial charge < -0.3 is 5.32 Å². The molecule has 8 heteroatoms. The molecular formula is C11H10ClN5O2. The average molecular weight is 280 g/mol. The van der Waals surface area contributed by atoms with E-state index in [1.165, 1.54) is 6.33 Å². The minimum Gasteiger partial charge on any atom is -0.364 e. The van der Waals surface area contributed by atoms with E-state index in [0.717, 1.165) is 5.56 Å². The van der Waals surface area contributed by atoms with Gasteiger partial charge in [-0.25, -0.2) is 9.97 Å². The van der Waals surface area contributed by atoms with E-state index >= 15 is 0 Å². The number of hydrogen-bond acceptors (Lipinski definition) is 6. The molecule has 98 valence electrons. The van der Waals surface area contributed by atoms with Gasteiger partial charge in [0, 0.05) is 18.9 Å². The zero-order valence-corrected chi connectivity index (χ0v) is 10.5. The average Bonchev–Trinajstić information content (AvgIpc) is 2.39. The molecule has 2 rings (SSSR count). The fraction of sp³-hybridized carbons (Fsp3) is 0.182. The van der Waals surface area contributed by atoms with Crippen molar-refractivity contribution in [2.24, 2.45) is 0 Å². The highest BCUT2D eigenvalue weighted by Crippen LogP contribution is 2.27. The molecule has 0 unspecified atom stereocenters. The topological polar surface area (TPSA) is 93.8 Å². The third kappa shape index (κ3) is 3.35. The Morgan fingerprint density at radius 1 is 1.42 bits per heavy atom. The normalized spacial score (nSPS) is 10.2. The molecule has 0 amide bonds. The molecule has 0 radical (unpaired) electrons. The van der Waals surface area contributed by atoms with Crippen LogP contribution in [0.2, 0.25) is 5.15 Å². The van der Waals surface area contributed by atoms with Crippen LogP contribution >= 0.6 is 11.6 Å². The largest absolute Gasteiger partial charge is 0.364 e. The maximum atomic E-state index is 10.9. The van der Waals surface area contributed by atoms with Crippen LogP contribution in [-0.4, -0.2) is 26.4 Å². The number of hydrogen-bond donors (Lipinski definition) is 1. The number of nitrogens with one attached hydrogen (secondary N) is 1. The molecule has 0 aromatic carbocycles. The summed E-state index contributed by atoms with van der Waals surface area (Å²) in [5.74, 6) is 0.119. The van der Waals surface area contributed by atoms with Gasteiger partial charge in [0.05, 0.1) is 4.92 Å². The quantitative estimate of drug-likeness (QED) is 0.512. The molecule has 0 saturated carbocycles. The van der Waals surface area contributed by atoms with Crippen LogP contribution in [0.5, 0.6) is 0 Å². The minimum absolute atomic E-state index is 0.119. The molecule has 0 saturated heterocycles. The van der Waals surface area contributed by atoms with Gasteiger partial charge in [-0.05, 0) is 18.1 Å². The van der Waals surface area contributed by atoms with Crippen LogP contribution in [0.15, 0.2) is 30.9 Å². The van der Waals surface area contributed by atoms with Crippen molar-refractivity contribution in [2.45, 2.75) is 6.42 Å². The first-order chi connectivity index (χ1) is 9.18. The summed E-state index contributed by atoms with van der Waals surface area (Å²) in [5, 5.41) is 13.6. The number of anilines is 1. The number of rotatable bonds is 5. The van der Waals surface area contributed by atoms with E-state index in [-0.39, 0.29) is 16.7 Å². The van der Waals surface area contributed by atoms with Crippen molar-refractivity contribution in [3.63, 3.8) is 0 Å². The summed E-state index contributed by atoms with van der Waals surface area (Å²) >= 11 is 5.68. The molecule has 0 aliphatic rings. The minimum atomic E-state index is -0.602. The van der Waals surface area contributed by atoms with Gasteiger partial charge in [0.25, 0.3) is 0 Å². The van der Waals surface area contributed by atoms with E-state index in [1.54, 1.807) is 12.4 Å². The van der Waals surface area contributed by atoms with Crippen molar-refractivity contribution in [2.75, 3.05) is 11.9 Å². The van der Waals surface area contributed by atoms with Crippen molar-refractivity contribution in [1.29, 1.82) is 0 Å². The maximum Gasteiger partial charge on any atom is 0.348 e. The Morgan fingerprint density at radius 3 is 2.95 bits per heavy atom. The van der Waals surface area contributed by atoms with Crippen molar-refractivity contribution in [3.05, 3.63) is 51.7 Å². The van der Waals surface area contributed by atoms with Crippen LogP contribution < -0.4 is 5.32 Å². The molecular weight excluding hydrogens is 270 g/mol. The van der Waals surface area contributed by atoms with Gasteiger partial charge >= 0.3 is 5.69 Å². The molecule has 0 aliphatic heterocycles. The summed E-state index contributed by atoms with van der Waals surface area (Å²) in [4.78, 5) is 21.7. The van der Waals surface area contributed by atoms with E-state index in [2.05, 4.69) is 20.3 Å². The van der Waals surface area contributed by atoms with Crippen molar-refractivity contribution < 1.29 is 4.92 Å². The lowest BCUT2D eigenvalue weighted by molar-refractivity contribution is -0.384. The first kappa shape index (κ1) is 13.2. The summed E-state index contributed by atoms with van der Waals surface area (Å²) in [5.41, 5.74) is 0.716. The van der Waals surface area contributed by atoms with E-state index in [0.29, 0.717) is 13.0 Å². The summed E-state index contributed by atoms with van der Waals surface area (Å²) in [6.45, 7) is 0.486. The smallest absolute Gasteiger partial charge is 0.348 e. The molecule has 1 N–H and O–H groups in total. The van der Waals surface area contributed by atoms with Crippen LogP contribution in [0.25, 0.3) is 0 Å². The Balaban J connectivity index is 2.04. The fourth-order valence-electron chi connectivity index (χ4n) is 1.52. The summed E-state index contributed by atoms with van der Waals surface area (Å²) < 4.78 is 0. The zero-order valence-electron chi connectivity index (χ0n) is 9.78. The lowest BCUT2D eigenvalue weighted by atomic mass is 10.2. The molecule has 2 heterocycles. The molecule has 0 bridgehead atoms. The van der Waals surface area contributed by atoms with Crippen LogP contribution in [0, 0.1) is 10.1 Å². The van der Waals surface area contributed by atoms with Gasteiger partial charge in [-0.1, -0.05) is 17.7 Å². The van der Waals surface area contributed by atoms with E-state index in [1.807, 2.05) is 12.1 Å². The fourth-order valence-corrected chi connectivity index (χ4v) is 1.72. The van der Waals surface area contributed by atoms with Gasteiger partial charge in [-0.3, -0.25) is 15.1 Å². The molecule has 0 fully saturated rings. The van der Waals surface area contributed by atoms with E-state index in [9.17, 15) is 10.1 Å². The second kappa shape index (κ2) is 6.05. The molecule has 19 heavy (non-hydrogen) atoms. The number of halogens is 1. The lowest BCUT2D eigenvalue weighted by Crippen LogP contribution is -2.09. The Kier molecular flexibility index (Phi) is 4.19.